The van der Waals surface area contributed by atoms with Gasteiger partial charge in [-0.2, -0.15) is 4.39 Å². The molecule has 2 aromatic rings. The highest BCUT2D eigenvalue weighted by molar-refractivity contribution is 6.36. The summed E-state index contributed by atoms with van der Waals surface area (Å²) < 4.78 is 13.6. The largest absolute Gasteiger partial charge is 0.296 e. The maximum Gasteiger partial charge on any atom is 0.221 e. The zero-order valence-corrected chi connectivity index (χ0v) is 9.97. The summed E-state index contributed by atoms with van der Waals surface area (Å²) in [4.78, 5) is 14.0. The Balaban J connectivity index is 2.56. The first-order valence-corrected chi connectivity index (χ1v) is 5.44. The van der Waals surface area contributed by atoms with Gasteiger partial charge in [-0.25, -0.2) is 4.98 Å². The number of carbonyl (C=O) groups excluding carboxylic acids is 1. The SMILES string of the molecule is O=Cc1ccc(-c2ccc(Cl)cc2Cl)c(F)n1. The molecule has 0 saturated carbocycles. The van der Waals surface area contributed by atoms with E-state index in [0.29, 0.717) is 21.9 Å². The highest BCUT2D eigenvalue weighted by atomic mass is 35.5. The predicted octanol–water partition coefficient (Wildman–Crippen LogP) is 4.01. The van der Waals surface area contributed by atoms with Crippen LogP contribution < -0.4 is 0 Å². The van der Waals surface area contributed by atoms with E-state index in [2.05, 4.69) is 4.98 Å². The third-order valence-corrected chi connectivity index (χ3v) is 2.76. The smallest absolute Gasteiger partial charge is 0.221 e. The first kappa shape index (κ1) is 12.0. The van der Waals surface area contributed by atoms with Gasteiger partial charge in [0.2, 0.25) is 5.95 Å². The number of halogens is 3. The predicted molar refractivity (Wildman–Crippen MR) is 65.0 cm³/mol. The van der Waals surface area contributed by atoms with Crippen LogP contribution in [-0.4, -0.2) is 11.3 Å². The average Bonchev–Trinajstić information content (AvgIpc) is 2.30. The molecule has 0 N–H and O–H groups in total. The Morgan fingerprint density at radius 2 is 1.82 bits per heavy atom. The number of nitrogens with zero attached hydrogens (tertiary/aromatic N) is 1. The Hall–Kier alpha value is -1.45. The van der Waals surface area contributed by atoms with Crippen molar-refractivity contribution in [3.8, 4) is 11.1 Å². The summed E-state index contributed by atoms with van der Waals surface area (Å²) >= 11 is 11.7. The van der Waals surface area contributed by atoms with Crippen molar-refractivity contribution in [1.29, 1.82) is 0 Å². The molecule has 0 fully saturated rings. The summed E-state index contributed by atoms with van der Waals surface area (Å²) in [6, 6.07) is 7.62. The highest BCUT2D eigenvalue weighted by Gasteiger charge is 2.11. The quantitative estimate of drug-likeness (QED) is 0.609. The molecule has 1 heterocycles. The van der Waals surface area contributed by atoms with Gasteiger partial charge in [-0.05, 0) is 24.3 Å². The first-order chi connectivity index (χ1) is 8.11. The standard InChI is InChI=1S/C12H6Cl2FNO/c13-7-1-3-9(11(14)5-7)10-4-2-8(6-17)16-12(10)15/h1-6H. The second-order valence-corrected chi connectivity index (χ2v) is 4.16. The average molecular weight is 270 g/mol. The zero-order valence-electron chi connectivity index (χ0n) is 8.45. The third-order valence-electron chi connectivity index (χ3n) is 2.21. The molecule has 86 valence electrons. The molecule has 0 bridgehead atoms. The van der Waals surface area contributed by atoms with E-state index < -0.39 is 5.95 Å². The lowest BCUT2D eigenvalue weighted by molar-refractivity contribution is 0.111. The van der Waals surface area contributed by atoms with Crippen molar-refractivity contribution in [2.45, 2.75) is 0 Å². The lowest BCUT2D eigenvalue weighted by Gasteiger charge is -2.06. The van der Waals surface area contributed by atoms with Crippen molar-refractivity contribution >= 4 is 29.5 Å². The molecule has 2 nitrogen and oxygen atoms in total. The molecule has 0 aliphatic carbocycles. The molecule has 2 rings (SSSR count). The van der Waals surface area contributed by atoms with Crippen molar-refractivity contribution in [2.75, 3.05) is 0 Å². The molecule has 5 heteroatoms. The van der Waals surface area contributed by atoms with Gasteiger partial charge < -0.3 is 0 Å². The van der Waals surface area contributed by atoms with E-state index in [1.165, 1.54) is 18.2 Å². The second kappa shape index (κ2) is 4.82. The van der Waals surface area contributed by atoms with Crippen LogP contribution in [0.1, 0.15) is 10.5 Å². The minimum absolute atomic E-state index is 0.0383. The van der Waals surface area contributed by atoms with Gasteiger partial charge in [-0.15, -0.1) is 0 Å². The van der Waals surface area contributed by atoms with Crippen LogP contribution in [0.5, 0.6) is 0 Å². The molecule has 0 atom stereocenters. The van der Waals surface area contributed by atoms with Crippen molar-refractivity contribution < 1.29 is 9.18 Å². The van der Waals surface area contributed by atoms with Crippen molar-refractivity contribution in [1.82, 2.24) is 4.98 Å². The summed E-state index contributed by atoms with van der Waals surface area (Å²) in [5, 5.41) is 0.800. The Bertz CT molecular complexity index is 587. The van der Waals surface area contributed by atoms with Gasteiger partial charge in [0, 0.05) is 16.1 Å². The van der Waals surface area contributed by atoms with Crippen LogP contribution in [0.2, 0.25) is 10.0 Å². The Kier molecular flexibility index (Phi) is 3.41. The summed E-state index contributed by atoms with van der Waals surface area (Å²) in [7, 11) is 0. The number of hydrogen-bond donors (Lipinski definition) is 0. The fraction of sp³-hybridized carbons (Fsp3) is 0. The van der Waals surface area contributed by atoms with Crippen molar-refractivity contribution in [3.05, 3.63) is 52.0 Å². The number of carbonyl (C=O) groups is 1. The fourth-order valence-corrected chi connectivity index (χ4v) is 1.93. The van der Waals surface area contributed by atoms with E-state index in [9.17, 15) is 9.18 Å². The van der Waals surface area contributed by atoms with Gasteiger partial charge >= 0.3 is 0 Å². The molecule has 1 aromatic heterocycles. The van der Waals surface area contributed by atoms with E-state index >= 15 is 0 Å². The topological polar surface area (TPSA) is 30.0 Å². The van der Waals surface area contributed by atoms with E-state index in [0.717, 1.165) is 0 Å². The highest BCUT2D eigenvalue weighted by Crippen LogP contribution is 2.31. The van der Waals surface area contributed by atoms with Crippen LogP contribution in [0, 0.1) is 5.95 Å². The van der Waals surface area contributed by atoms with Crippen LogP contribution in [0.25, 0.3) is 11.1 Å². The van der Waals surface area contributed by atoms with Crippen LogP contribution in [-0.2, 0) is 0 Å². The molecule has 0 unspecified atom stereocenters. The van der Waals surface area contributed by atoms with E-state index in [1.807, 2.05) is 0 Å². The number of hydrogen-bond acceptors (Lipinski definition) is 2. The van der Waals surface area contributed by atoms with Crippen LogP contribution in [0.3, 0.4) is 0 Å². The molecule has 1 aromatic carbocycles. The summed E-state index contributed by atoms with van der Waals surface area (Å²) in [6.45, 7) is 0. The molecule has 17 heavy (non-hydrogen) atoms. The maximum absolute atomic E-state index is 13.6. The van der Waals surface area contributed by atoms with Crippen molar-refractivity contribution in [3.63, 3.8) is 0 Å². The Morgan fingerprint density at radius 1 is 1.12 bits per heavy atom. The van der Waals surface area contributed by atoms with Gasteiger partial charge in [0.05, 0.1) is 5.02 Å². The van der Waals surface area contributed by atoms with Crippen LogP contribution in [0.4, 0.5) is 4.39 Å². The van der Waals surface area contributed by atoms with Gasteiger partial charge in [0.25, 0.3) is 0 Å². The molecule has 0 radical (unpaired) electrons. The Morgan fingerprint density at radius 3 is 2.41 bits per heavy atom. The van der Waals surface area contributed by atoms with E-state index in [-0.39, 0.29) is 11.3 Å². The normalized spacial score (nSPS) is 10.3. The molecule has 0 aliphatic heterocycles. The number of aromatic nitrogens is 1. The number of pyridine rings is 1. The molecular weight excluding hydrogens is 264 g/mol. The van der Waals surface area contributed by atoms with Gasteiger partial charge in [-0.3, -0.25) is 4.79 Å². The number of benzene rings is 1. The molecule has 0 spiro atoms. The maximum atomic E-state index is 13.6. The second-order valence-electron chi connectivity index (χ2n) is 3.32. The number of aldehydes is 1. The lowest BCUT2D eigenvalue weighted by Crippen LogP contribution is -1.94. The van der Waals surface area contributed by atoms with Gasteiger partial charge in [0.1, 0.15) is 5.69 Å². The minimum Gasteiger partial charge on any atom is -0.296 e. The van der Waals surface area contributed by atoms with E-state index in [1.54, 1.807) is 12.1 Å². The first-order valence-electron chi connectivity index (χ1n) is 4.69. The fourth-order valence-electron chi connectivity index (χ4n) is 1.42. The molecule has 0 saturated heterocycles. The van der Waals surface area contributed by atoms with Gasteiger partial charge in [0.15, 0.2) is 6.29 Å². The zero-order chi connectivity index (χ0) is 12.4. The molecular formula is C12H6Cl2FNO. The lowest BCUT2D eigenvalue weighted by atomic mass is 10.1. The third kappa shape index (κ3) is 2.46. The summed E-state index contributed by atoms with van der Waals surface area (Å²) in [6.07, 6.45) is 0.482. The monoisotopic (exact) mass is 269 g/mol. The number of rotatable bonds is 2. The molecule has 0 amide bonds. The van der Waals surface area contributed by atoms with E-state index in [4.69, 9.17) is 23.2 Å². The Labute approximate surface area is 107 Å². The summed E-state index contributed by atoms with van der Waals surface area (Å²) in [5.74, 6) is -0.737. The van der Waals surface area contributed by atoms with Crippen LogP contribution >= 0.6 is 23.2 Å². The minimum atomic E-state index is -0.737. The van der Waals surface area contributed by atoms with Crippen LogP contribution in [0.15, 0.2) is 30.3 Å². The van der Waals surface area contributed by atoms with Crippen molar-refractivity contribution in [2.24, 2.45) is 0 Å². The molecule has 0 aliphatic rings. The summed E-state index contributed by atoms with van der Waals surface area (Å²) in [5.41, 5.74) is 0.757. The van der Waals surface area contributed by atoms with Gasteiger partial charge in [-0.1, -0.05) is 29.3 Å².